The molecule has 0 atom stereocenters. The zero-order valence-corrected chi connectivity index (χ0v) is 15.0. The number of carbonyl (C=O) groups is 1. The van der Waals surface area contributed by atoms with Gasteiger partial charge < -0.3 is 9.15 Å². The van der Waals surface area contributed by atoms with Crippen LogP contribution in [0.2, 0.25) is 0 Å². The van der Waals surface area contributed by atoms with Crippen molar-refractivity contribution in [1.82, 2.24) is 4.98 Å². The van der Waals surface area contributed by atoms with Crippen LogP contribution in [0, 0.1) is 10.1 Å². The highest BCUT2D eigenvalue weighted by Gasteiger charge is 2.18. The lowest BCUT2D eigenvalue weighted by Crippen LogP contribution is -2.08. The van der Waals surface area contributed by atoms with Crippen molar-refractivity contribution in [3.63, 3.8) is 0 Å². The van der Waals surface area contributed by atoms with Gasteiger partial charge in [-0.15, -0.1) is 0 Å². The highest BCUT2D eigenvalue weighted by molar-refractivity contribution is 5.96. The average Bonchev–Trinajstić information content (AvgIpc) is 3.04. The van der Waals surface area contributed by atoms with Crippen LogP contribution >= 0.6 is 0 Å². The van der Waals surface area contributed by atoms with Crippen molar-refractivity contribution in [2.24, 2.45) is 0 Å². The molecule has 0 aliphatic carbocycles. The van der Waals surface area contributed by atoms with E-state index in [0.29, 0.717) is 12.1 Å². The minimum atomic E-state index is -0.652. The third-order valence-electron chi connectivity index (χ3n) is 4.05. The Morgan fingerprint density at radius 3 is 2.78 bits per heavy atom. The summed E-state index contributed by atoms with van der Waals surface area (Å²) < 4.78 is 10.9. The Labute approximate surface area is 155 Å². The van der Waals surface area contributed by atoms with E-state index in [1.54, 1.807) is 13.0 Å². The normalized spacial score (nSPS) is 11.2. The Bertz CT molecular complexity index is 1040. The van der Waals surface area contributed by atoms with Crippen LogP contribution in [-0.2, 0) is 11.2 Å². The second kappa shape index (κ2) is 7.82. The van der Waals surface area contributed by atoms with Crippen LogP contribution in [0.15, 0.2) is 40.9 Å². The van der Waals surface area contributed by atoms with E-state index < -0.39 is 10.9 Å². The van der Waals surface area contributed by atoms with Crippen LogP contribution in [0.1, 0.15) is 41.2 Å². The number of aryl methyl sites for hydroxylation is 1. The molecular weight excluding hydrogens is 348 g/mol. The molecule has 138 valence electrons. The number of fused-ring (bicyclic) bond motifs is 1. The zero-order chi connectivity index (χ0) is 19.4. The maximum absolute atomic E-state index is 12.2. The maximum atomic E-state index is 12.2. The summed E-state index contributed by atoms with van der Waals surface area (Å²) in [6, 6.07) is 8.84. The van der Waals surface area contributed by atoms with Gasteiger partial charge in [0.05, 0.1) is 22.8 Å². The standard InChI is InChI=1S/C20H18N2O5/c1-3-18-15(14-7-5-6-8-19(14)27-18)9-10-17-16(20(23)26-4-2)11-13(12-21-17)22(24)25/h5-12H,3-4H2,1-2H3/b10-9+. The van der Waals surface area contributed by atoms with Crippen LogP contribution < -0.4 is 0 Å². The van der Waals surface area contributed by atoms with Crippen LogP contribution in [0.4, 0.5) is 5.69 Å². The molecule has 7 heteroatoms. The van der Waals surface area contributed by atoms with Gasteiger partial charge in [-0.2, -0.15) is 0 Å². The lowest BCUT2D eigenvalue weighted by Gasteiger charge is -2.05. The van der Waals surface area contributed by atoms with E-state index in [2.05, 4.69) is 4.98 Å². The number of nitrogens with zero attached hydrogens (tertiary/aromatic N) is 2. The molecule has 2 aromatic heterocycles. The number of hydrogen-bond acceptors (Lipinski definition) is 6. The molecular formula is C20H18N2O5. The van der Waals surface area contributed by atoms with Crippen molar-refractivity contribution in [1.29, 1.82) is 0 Å². The van der Waals surface area contributed by atoms with Crippen molar-refractivity contribution >= 4 is 34.8 Å². The topological polar surface area (TPSA) is 95.5 Å². The van der Waals surface area contributed by atoms with Gasteiger partial charge in [-0.1, -0.05) is 25.1 Å². The van der Waals surface area contributed by atoms with Crippen LogP contribution in [0.5, 0.6) is 0 Å². The van der Waals surface area contributed by atoms with Crippen molar-refractivity contribution < 1.29 is 18.9 Å². The van der Waals surface area contributed by atoms with E-state index in [1.165, 1.54) is 6.07 Å². The molecule has 0 unspecified atom stereocenters. The predicted molar refractivity (Wildman–Crippen MR) is 101 cm³/mol. The number of hydrogen-bond donors (Lipinski definition) is 0. The summed E-state index contributed by atoms with van der Waals surface area (Å²) >= 11 is 0. The number of aromatic nitrogens is 1. The molecule has 0 bridgehead atoms. The monoisotopic (exact) mass is 366 g/mol. The number of para-hydroxylation sites is 1. The Morgan fingerprint density at radius 1 is 1.30 bits per heavy atom. The molecule has 0 spiro atoms. The van der Waals surface area contributed by atoms with Crippen LogP contribution in [0.3, 0.4) is 0 Å². The van der Waals surface area contributed by atoms with E-state index in [4.69, 9.17) is 9.15 Å². The molecule has 0 amide bonds. The van der Waals surface area contributed by atoms with Crippen molar-refractivity contribution in [2.45, 2.75) is 20.3 Å². The number of esters is 1. The molecule has 27 heavy (non-hydrogen) atoms. The lowest BCUT2D eigenvalue weighted by atomic mass is 10.1. The molecule has 0 aliphatic rings. The second-order valence-electron chi connectivity index (χ2n) is 5.73. The Balaban J connectivity index is 2.07. The third kappa shape index (κ3) is 3.72. The minimum Gasteiger partial charge on any atom is -0.462 e. The molecule has 0 saturated carbocycles. The molecule has 3 aromatic rings. The minimum absolute atomic E-state index is 0.0492. The summed E-state index contributed by atoms with van der Waals surface area (Å²) in [5.74, 6) is 0.160. The smallest absolute Gasteiger partial charge is 0.340 e. The predicted octanol–water partition coefficient (Wildman–Crippen LogP) is 4.65. The maximum Gasteiger partial charge on any atom is 0.340 e. The van der Waals surface area contributed by atoms with Crippen molar-refractivity contribution in [2.75, 3.05) is 6.61 Å². The van der Waals surface area contributed by atoms with Gasteiger partial charge in [0.25, 0.3) is 5.69 Å². The summed E-state index contributed by atoms with van der Waals surface area (Å²) in [5, 5.41) is 12.0. The van der Waals surface area contributed by atoms with Gasteiger partial charge in [-0.3, -0.25) is 10.1 Å². The Kier molecular flexibility index (Phi) is 5.30. The van der Waals surface area contributed by atoms with Crippen molar-refractivity contribution in [3.8, 4) is 0 Å². The molecule has 2 heterocycles. The molecule has 0 aliphatic heterocycles. The third-order valence-corrected chi connectivity index (χ3v) is 4.05. The van der Waals surface area contributed by atoms with Crippen molar-refractivity contribution in [3.05, 3.63) is 69.2 Å². The molecule has 7 nitrogen and oxygen atoms in total. The molecule has 1 aromatic carbocycles. The number of rotatable bonds is 6. The fourth-order valence-corrected chi connectivity index (χ4v) is 2.79. The first kappa shape index (κ1) is 18.3. The average molecular weight is 366 g/mol. The first-order valence-corrected chi connectivity index (χ1v) is 8.55. The van der Waals surface area contributed by atoms with Gasteiger partial charge in [0, 0.05) is 23.4 Å². The molecule has 3 rings (SSSR count). The van der Waals surface area contributed by atoms with Gasteiger partial charge >= 0.3 is 5.97 Å². The van der Waals surface area contributed by atoms with Gasteiger partial charge in [0.2, 0.25) is 0 Å². The van der Waals surface area contributed by atoms with Gasteiger partial charge in [0.15, 0.2) is 0 Å². The second-order valence-corrected chi connectivity index (χ2v) is 5.73. The zero-order valence-electron chi connectivity index (χ0n) is 15.0. The summed E-state index contributed by atoms with van der Waals surface area (Å²) in [6.45, 7) is 3.82. The molecule has 0 radical (unpaired) electrons. The molecule has 0 saturated heterocycles. The van der Waals surface area contributed by atoms with E-state index in [-0.39, 0.29) is 17.9 Å². The molecule has 0 fully saturated rings. The van der Waals surface area contributed by atoms with E-state index in [9.17, 15) is 14.9 Å². The highest BCUT2D eigenvalue weighted by Crippen LogP contribution is 2.28. The quantitative estimate of drug-likeness (QED) is 0.358. The van der Waals surface area contributed by atoms with E-state index >= 15 is 0 Å². The number of ether oxygens (including phenoxy) is 1. The number of nitro groups is 1. The summed E-state index contributed by atoms with van der Waals surface area (Å²) in [4.78, 5) is 26.7. The number of pyridine rings is 1. The summed E-state index contributed by atoms with van der Waals surface area (Å²) in [6.07, 6.45) is 5.28. The fraction of sp³-hybridized carbons (Fsp3) is 0.200. The fourth-order valence-electron chi connectivity index (χ4n) is 2.79. The first-order chi connectivity index (χ1) is 13.0. The van der Waals surface area contributed by atoms with Crippen LogP contribution in [-0.4, -0.2) is 22.5 Å². The van der Waals surface area contributed by atoms with Gasteiger partial charge in [-0.05, 0) is 25.1 Å². The molecule has 0 N–H and O–H groups in total. The van der Waals surface area contributed by atoms with E-state index in [0.717, 1.165) is 28.5 Å². The number of benzene rings is 1. The largest absolute Gasteiger partial charge is 0.462 e. The lowest BCUT2D eigenvalue weighted by molar-refractivity contribution is -0.385. The number of carbonyl (C=O) groups excluding carboxylic acids is 1. The Hall–Kier alpha value is -3.48. The van der Waals surface area contributed by atoms with Crippen LogP contribution in [0.25, 0.3) is 23.1 Å². The Morgan fingerprint density at radius 2 is 2.07 bits per heavy atom. The summed E-state index contributed by atoms with van der Waals surface area (Å²) in [5.41, 5.74) is 1.75. The van der Waals surface area contributed by atoms with Gasteiger partial charge in [0.1, 0.15) is 17.5 Å². The SMILES string of the molecule is CCOC(=O)c1cc([N+](=O)[O-])cnc1/C=C/c1c(CC)oc2ccccc12. The summed E-state index contributed by atoms with van der Waals surface area (Å²) in [7, 11) is 0. The van der Waals surface area contributed by atoms with E-state index in [1.807, 2.05) is 37.3 Å². The highest BCUT2D eigenvalue weighted by atomic mass is 16.6. The number of furan rings is 1. The van der Waals surface area contributed by atoms with Gasteiger partial charge in [-0.25, -0.2) is 9.78 Å². The first-order valence-electron chi connectivity index (χ1n) is 8.55.